The van der Waals surface area contributed by atoms with Gasteiger partial charge in [-0.15, -0.1) is 0 Å². The second-order valence-corrected chi connectivity index (χ2v) is 13.0. The van der Waals surface area contributed by atoms with Gasteiger partial charge in [-0.2, -0.15) is 0 Å². The van der Waals surface area contributed by atoms with Gasteiger partial charge >= 0.3 is 0 Å². The van der Waals surface area contributed by atoms with Crippen molar-refractivity contribution in [1.29, 1.82) is 0 Å². The molecule has 1 N–H and O–H groups in total. The SMILES string of the molecule is CC(C)NC(=O)[C@H](Cc1ccccc1)N(Cc1cccc(Br)c1)C(=O)CN(c1cccc(Br)c1)S(C)(=O)=O. The molecule has 0 fully saturated rings. The second-order valence-electron chi connectivity index (χ2n) is 9.27. The fourth-order valence-electron chi connectivity index (χ4n) is 4.01. The Morgan fingerprint density at radius 1 is 0.868 bits per heavy atom. The molecule has 202 valence electrons. The third-order valence-corrected chi connectivity index (χ3v) is 7.85. The molecule has 38 heavy (non-hydrogen) atoms. The van der Waals surface area contributed by atoms with E-state index in [0.717, 1.165) is 26.2 Å². The minimum Gasteiger partial charge on any atom is -0.352 e. The van der Waals surface area contributed by atoms with E-state index in [2.05, 4.69) is 37.2 Å². The summed E-state index contributed by atoms with van der Waals surface area (Å²) in [6, 6.07) is 22.7. The Hall–Kier alpha value is -2.69. The first-order valence-electron chi connectivity index (χ1n) is 12.1. The summed E-state index contributed by atoms with van der Waals surface area (Å²) in [5.74, 6) is -0.796. The number of nitrogens with zero attached hydrogens (tertiary/aromatic N) is 2. The van der Waals surface area contributed by atoms with Crippen LogP contribution >= 0.6 is 31.9 Å². The summed E-state index contributed by atoms with van der Waals surface area (Å²) in [5.41, 5.74) is 2.04. The smallest absolute Gasteiger partial charge is 0.244 e. The van der Waals surface area contributed by atoms with Gasteiger partial charge in [-0.1, -0.05) is 80.4 Å². The number of carbonyl (C=O) groups excluding carboxylic acids is 2. The Kier molecular flexibility index (Phi) is 10.5. The Morgan fingerprint density at radius 3 is 2.05 bits per heavy atom. The highest BCUT2D eigenvalue weighted by atomic mass is 79.9. The van der Waals surface area contributed by atoms with Gasteiger partial charge in [-0.3, -0.25) is 13.9 Å². The summed E-state index contributed by atoms with van der Waals surface area (Å²) in [6.07, 6.45) is 1.33. The molecule has 0 aliphatic rings. The van der Waals surface area contributed by atoms with E-state index >= 15 is 0 Å². The zero-order chi connectivity index (χ0) is 27.9. The largest absolute Gasteiger partial charge is 0.352 e. The lowest BCUT2D eigenvalue weighted by atomic mass is 10.0. The van der Waals surface area contributed by atoms with Gasteiger partial charge in [0.1, 0.15) is 12.6 Å². The fourth-order valence-corrected chi connectivity index (χ4v) is 5.69. The van der Waals surface area contributed by atoms with Gasteiger partial charge in [0.15, 0.2) is 0 Å². The number of nitrogens with one attached hydrogen (secondary N) is 1. The first kappa shape index (κ1) is 29.9. The van der Waals surface area contributed by atoms with E-state index < -0.39 is 28.5 Å². The molecule has 10 heteroatoms. The quantitative estimate of drug-likeness (QED) is 0.308. The summed E-state index contributed by atoms with van der Waals surface area (Å²) in [7, 11) is -3.81. The number of hydrogen-bond donors (Lipinski definition) is 1. The molecule has 0 saturated carbocycles. The summed E-state index contributed by atoms with van der Waals surface area (Å²) in [6.45, 7) is 3.38. The maximum absolute atomic E-state index is 14.0. The van der Waals surface area contributed by atoms with Crippen molar-refractivity contribution in [3.05, 3.63) is 98.9 Å². The highest BCUT2D eigenvalue weighted by molar-refractivity contribution is 9.10. The van der Waals surface area contributed by atoms with E-state index in [9.17, 15) is 18.0 Å². The van der Waals surface area contributed by atoms with Crippen LogP contribution in [-0.4, -0.2) is 50.0 Å². The summed E-state index contributed by atoms with van der Waals surface area (Å²) in [5, 5.41) is 2.94. The van der Waals surface area contributed by atoms with E-state index in [4.69, 9.17) is 0 Å². The lowest BCUT2D eigenvalue weighted by molar-refractivity contribution is -0.140. The zero-order valence-corrected chi connectivity index (χ0v) is 25.5. The molecule has 0 aromatic heterocycles. The van der Waals surface area contributed by atoms with E-state index in [1.807, 2.05) is 68.4 Å². The number of rotatable bonds is 11. The van der Waals surface area contributed by atoms with Gasteiger partial charge in [0.2, 0.25) is 21.8 Å². The van der Waals surface area contributed by atoms with Gasteiger partial charge in [0.25, 0.3) is 0 Å². The number of anilines is 1. The third-order valence-electron chi connectivity index (χ3n) is 5.72. The monoisotopic (exact) mass is 663 g/mol. The lowest BCUT2D eigenvalue weighted by Gasteiger charge is -2.34. The molecule has 0 heterocycles. The first-order chi connectivity index (χ1) is 17.9. The van der Waals surface area contributed by atoms with Crippen LogP contribution in [0.2, 0.25) is 0 Å². The van der Waals surface area contributed by atoms with Gasteiger partial charge < -0.3 is 10.2 Å². The van der Waals surface area contributed by atoms with Gasteiger partial charge in [0.05, 0.1) is 11.9 Å². The van der Waals surface area contributed by atoms with Crippen LogP contribution < -0.4 is 9.62 Å². The van der Waals surface area contributed by atoms with Crippen molar-refractivity contribution in [3.8, 4) is 0 Å². The van der Waals surface area contributed by atoms with Crippen LogP contribution in [0.15, 0.2) is 87.8 Å². The normalized spacial score (nSPS) is 12.2. The van der Waals surface area contributed by atoms with Crippen LogP contribution in [-0.2, 0) is 32.6 Å². The number of carbonyl (C=O) groups is 2. The van der Waals surface area contributed by atoms with Crippen molar-refractivity contribution in [2.75, 3.05) is 17.1 Å². The summed E-state index contributed by atoms with van der Waals surface area (Å²) >= 11 is 6.84. The Balaban J connectivity index is 2.06. The minimum absolute atomic E-state index is 0.122. The van der Waals surface area contributed by atoms with Crippen molar-refractivity contribution in [2.24, 2.45) is 0 Å². The standard InChI is InChI=1S/C28H31Br2N3O4S/c1-20(2)31-28(35)26(16-21-9-5-4-6-10-21)32(18-22-11-7-12-23(29)15-22)27(34)19-33(38(3,36)37)25-14-8-13-24(30)17-25/h4-15,17,20,26H,16,18-19H2,1-3H3,(H,31,35)/t26-/m0/s1. The maximum Gasteiger partial charge on any atom is 0.244 e. The topological polar surface area (TPSA) is 86.8 Å². The number of sulfonamides is 1. The van der Waals surface area contributed by atoms with E-state index in [1.54, 1.807) is 24.3 Å². The minimum atomic E-state index is -3.81. The van der Waals surface area contributed by atoms with Crippen LogP contribution in [0.3, 0.4) is 0 Å². The van der Waals surface area contributed by atoms with Crippen molar-refractivity contribution in [2.45, 2.75) is 38.9 Å². The highest BCUT2D eigenvalue weighted by Gasteiger charge is 2.33. The third kappa shape index (κ3) is 8.68. The number of benzene rings is 3. The predicted molar refractivity (Wildman–Crippen MR) is 158 cm³/mol. The average molecular weight is 665 g/mol. The summed E-state index contributed by atoms with van der Waals surface area (Å²) in [4.78, 5) is 29.0. The van der Waals surface area contributed by atoms with E-state index in [-0.39, 0.29) is 24.9 Å². The van der Waals surface area contributed by atoms with Gasteiger partial charge in [-0.05, 0) is 55.3 Å². The molecule has 2 amide bonds. The molecule has 0 radical (unpaired) electrons. The van der Waals surface area contributed by atoms with Crippen molar-refractivity contribution < 1.29 is 18.0 Å². The highest BCUT2D eigenvalue weighted by Crippen LogP contribution is 2.24. The van der Waals surface area contributed by atoms with Crippen LogP contribution in [0.4, 0.5) is 5.69 Å². The molecule has 3 aromatic rings. The average Bonchev–Trinajstić information content (AvgIpc) is 2.84. The molecule has 1 atom stereocenters. The molecule has 3 rings (SSSR count). The number of hydrogen-bond acceptors (Lipinski definition) is 4. The van der Waals surface area contributed by atoms with Crippen molar-refractivity contribution in [1.82, 2.24) is 10.2 Å². The predicted octanol–water partition coefficient (Wildman–Crippen LogP) is 5.14. The Labute approximate surface area is 241 Å². The molecule has 0 spiro atoms. The molecule has 0 saturated heterocycles. The van der Waals surface area contributed by atoms with Crippen LogP contribution in [0.25, 0.3) is 0 Å². The Bertz CT molecular complexity index is 1370. The number of halogens is 2. The molecule has 3 aromatic carbocycles. The zero-order valence-electron chi connectivity index (χ0n) is 21.5. The van der Waals surface area contributed by atoms with Crippen molar-refractivity contribution >= 4 is 59.4 Å². The summed E-state index contributed by atoms with van der Waals surface area (Å²) < 4.78 is 28.2. The molecular weight excluding hydrogens is 634 g/mol. The van der Waals surface area contributed by atoms with E-state index in [1.165, 1.54) is 4.90 Å². The maximum atomic E-state index is 14.0. The van der Waals surface area contributed by atoms with Gasteiger partial charge in [-0.25, -0.2) is 8.42 Å². The molecule has 7 nitrogen and oxygen atoms in total. The van der Waals surface area contributed by atoms with Crippen LogP contribution in [0.1, 0.15) is 25.0 Å². The molecule has 0 aliphatic carbocycles. The fraction of sp³-hybridized carbons (Fsp3) is 0.286. The Morgan fingerprint density at radius 2 is 1.47 bits per heavy atom. The van der Waals surface area contributed by atoms with Gasteiger partial charge in [0, 0.05) is 28.0 Å². The van der Waals surface area contributed by atoms with Crippen LogP contribution in [0, 0.1) is 0 Å². The first-order valence-corrected chi connectivity index (χ1v) is 15.5. The second kappa shape index (κ2) is 13.4. The number of amides is 2. The molecule has 0 bridgehead atoms. The van der Waals surface area contributed by atoms with Crippen LogP contribution in [0.5, 0.6) is 0 Å². The lowest BCUT2D eigenvalue weighted by Crippen LogP contribution is -2.54. The molecule has 0 unspecified atom stereocenters. The molecular formula is C28H31Br2N3O4S. The van der Waals surface area contributed by atoms with Crippen molar-refractivity contribution in [3.63, 3.8) is 0 Å². The molecule has 0 aliphatic heterocycles. The van der Waals surface area contributed by atoms with E-state index in [0.29, 0.717) is 10.2 Å².